The molecule has 0 aliphatic heterocycles. The summed E-state index contributed by atoms with van der Waals surface area (Å²) >= 11 is 0. The highest BCUT2D eigenvalue weighted by Crippen LogP contribution is 2.20. The topological polar surface area (TPSA) is 116 Å². The van der Waals surface area contributed by atoms with Crippen molar-refractivity contribution in [2.75, 3.05) is 18.2 Å². The van der Waals surface area contributed by atoms with E-state index in [1.54, 1.807) is 49.8 Å². The highest BCUT2D eigenvalue weighted by atomic mass is 16.5. The van der Waals surface area contributed by atoms with Gasteiger partial charge in [0.15, 0.2) is 0 Å². The molecule has 1 amide bonds. The van der Waals surface area contributed by atoms with Crippen LogP contribution >= 0.6 is 0 Å². The van der Waals surface area contributed by atoms with Crippen molar-refractivity contribution in [3.63, 3.8) is 0 Å². The van der Waals surface area contributed by atoms with Crippen molar-refractivity contribution in [1.29, 1.82) is 0 Å². The predicted molar refractivity (Wildman–Crippen MR) is 122 cm³/mol. The van der Waals surface area contributed by atoms with Crippen molar-refractivity contribution in [2.24, 2.45) is 0 Å². The highest BCUT2D eigenvalue weighted by Gasteiger charge is 2.10. The number of nitrogen functional groups attached to an aromatic ring is 1. The fourth-order valence-electron chi connectivity index (χ4n) is 3.01. The number of carbonyl (C=O) groups is 1. The molecule has 8 nitrogen and oxygen atoms in total. The molecule has 158 valence electrons. The molecule has 0 saturated carbocycles. The van der Waals surface area contributed by atoms with Gasteiger partial charge in [0.05, 0.1) is 35.8 Å². The molecule has 0 aliphatic carbocycles. The number of ether oxygens (including phenoxy) is 1. The molecule has 0 spiro atoms. The van der Waals surface area contributed by atoms with E-state index in [1.807, 2.05) is 13.8 Å². The SMILES string of the molecule is COc1cccc(NC(=O)c2cncc(C#Cc3c(N)ncc4nc(C)c(C)nc34)c2)c1. The average molecular weight is 424 g/mol. The molecule has 0 saturated heterocycles. The molecule has 0 fully saturated rings. The fourth-order valence-corrected chi connectivity index (χ4v) is 3.01. The number of methoxy groups -OCH3 is 1. The first-order valence-electron chi connectivity index (χ1n) is 9.76. The van der Waals surface area contributed by atoms with Gasteiger partial charge in [-0.2, -0.15) is 0 Å². The second-order valence-electron chi connectivity index (χ2n) is 7.05. The molecule has 0 atom stereocenters. The van der Waals surface area contributed by atoms with Gasteiger partial charge < -0.3 is 15.8 Å². The average Bonchev–Trinajstić information content (AvgIpc) is 2.80. The van der Waals surface area contributed by atoms with Crippen molar-refractivity contribution in [2.45, 2.75) is 13.8 Å². The van der Waals surface area contributed by atoms with Crippen LogP contribution in [0.4, 0.5) is 11.5 Å². The van der Waals surface area contributed by atoms with E-state index in [1.165, 1.54) is 6.20 Å². The lowest BCUT2D eigenvalue weighted by Gasteiger charge is -2.07. The summed E-state index contributed by atoms with van der Waals surface area (Å²) in [6.45, 7) is 3.77. The van der Waals surface area contributed by atoms with E-state index >= 15 is 0 Å². The van der Waals surface area contributed by atoms with Gasteiger partial charge >= 0.3 is 0 Å². The lowest BCUT2D eigenvalue weighted by Crippen LogP contribution is -2.12. The van der Waals surface area contributed by atoms with Crippen LogP contribution in [0.15, 0.2) is 48.9 Å². The van der Waals surface area contributed by atoms with Gasteiger partial charge in [-0.3, -0.25) is 9.78 Å². The van der Waals surface area contributed by atoms with Crippen molar-refractivity contribution in [1.82, 2.24) is 19.9 Å². The van der Waals surface area contributed by atoms with Gasteiger partial charge in [-0.25, -0.2) is 15.0 Å². The van der Waals surface area contributed by atoms with Crippen LogP contribution in [0, 0.1) is 25.7 Å². The maximum atomic E-state index is 12.7. The van der Waals surface area contributed by atoms with Gasteiger partial charge in [0, 0.05) is 29.7 Å². The molecule has 3 N–H and O–H groups in total. The van der Waals surface area contributed by atoms with Gasteiger partial charge in [0.25, 0.3) is 5.91 Å². The van der Waals surface area contributed by atoms with Gasteiger partial charge in [-0.1, -0.05) is 17.9 Å². The monoisotopic (exact) mass is 424 g/mol. The number of fused-ring (bicyclic) bond motifs is 1. The van der Waals surface area contributed by atoms with Crippen molar-refractivity contribution in [3.05, 3.63) is 77.0 Å². The Kier molecular flexibility index (Phi) is 5.64. The Bertz CT molecular complexity index is 1410. The number of pyridine rings is 2. The zero-order valence-electron chi connectivity index (χ0n) is 17.8. The third-order valence-electron chi connectivity index (χ3n) is 4.81. The number of nitrogens with one attached hydrogen (secondary N) is 1. The van der Waals surface area contributed by atoms with E-state index in [0.717, 1.165) is 11.4 Å². The van der Waals surface area contributed by atoms with E-state index in [0.29, 0.717) is 39.2 Å². The Labute approximate surface area is 184 Å². The highest BCUT2D eigenvalue weighted by molar-refractivity contribution is 6.04. The van der Waals surface area contributed by atoms with Crippen molar-refractivity contribution in [3.8, 4) is 17.6 Å². The Morgan fingerprint density at radius 2 is 1.88 bits per heavy atom. The van der Waals surface area contributed by atoms with Gasteiger partial charge in [0.1, 0.15) is 22.6 Å². The quantitative estimate of drug-likeness (QED) is 0.485. The maximum Gasteiger partial charge on any atom is 0.257 e. The molecule has 8 heteroatoms. The molecular formula is C24H20N6O2. The summed E-state index contributed by atoms with van der Waals surface area (Å²) in [5, 5.41) is 2.82. The lowest BCUT2D eigenvalue weighted by atomic mass is 10.1. The van der Waals surface area contributed by atoms with Crippen LogP contribution in [-0.4, -0.2) is 33.0 Å². The van der Waals surface area contributed by atoms with Crippen molar-refractivity contribution < 1.29 is 9.53 Å². The van der Waals surface area contributed by atoms with Crippen LogP contribution in [0.25, 0.3) is 11.0 Å². The Morgan fingerprint density at radius 1 is 1.06 bits per heavy atom. The molecule has 3 heterocycles. The fraction of sp³-hybridized carbons (Fsp3) is 0.125. The van der Waals surface area contributed by atoms with Crippen LogP contribution < -0.4 is 15.8 Å². The summed E-state index contributed by atoms with van der Waals surface area (Å²) in [4.78, 5) is 30.0. The zero-order valence-corrected chi connectivity index (χ0v) is 17.8. The maximum absolute atomic E-state index is 12.7. The molecule has 0 bridgehead atoms. The molecule has 4 rings (SSSR count). The smallest absolute Gasteiger partial charge is 0.257 e. The number of rotatable bonds is 3. The van der Waals surface area contributed by atoms with E-state index < -0.39 is 0 Å². The summed E-state index contributed by atoms with van der Waals surface area (Å²) in [6.07, 6.45) is 4.64. The van der Waals surface area contributed by atoms with Crippen LogP contribution in [0.5, 0.6) is 5.75 Å². The minimum atomic E-state index is -0.308. The number of hydrogen-bond acceptors (Lipinski definition) is 7. The van der Waals surface area contributed by atoms with Crippen molar-refractivity contribution >= 4 is 28.4 Å². The Morgan fingerprint density at radius 3 is 2.69 bits per heavy atom. The van der Waals surface area contributed by atoms with Gasteiger partial charge in [0.2, 0.25) is 0 Å². The minimum absolute atomic E-state index is 0.266. The number of aromatic nitrogens is 4. The van der Waals surface area contributed by atoms with Crippen LogP contribution in [-0.2, 0) is 0 Å². The minimum Gasteiger partial charge on any atom is -0.497 e. The zero-order chi connectivity index (χ0) is 22.7. The lowest BCUT2D eigenvalue weighted by molar-refractivity contribution is 0.102. The normalized spacial score (nSPS) is 10.3. The largest absolute Gasteiger partial charge is 0.497 e. The van der Waals surface area contributed by atoms with Crippen LogP contribution in [0.3, 0.4) is 0 Å². The first-order chi connectivity index (χ1) is 15.4. The third-order valence-corrected chi connectivity index (χ3v) is 4.81. The number of aryl methyl sites for hydroxylation is 2. The second-order valence-corrected chi connectivity index (χ2v) is 7.05. The summed E-state index contributed by atoms with van der Waals surface area (Å²) in [5.74, 6) is 6.63. The number of benzene rings is 1. The summed E-state index contributed by atoms with van der Waals surface area (Å²) in [7, 11) is 1.57. The number of carbonyl (C=O) groups excluding carboxylic acids is 1. The molecule has 0 radical (unpaired) electrons. The standard InChI is InChI=1S/C24H20N6O2/c1-14-15(2)29-22-20(23(25)27-13-21(22)28-14)8-7-16-9-17(12-26-11-16)24(31)30-18-5-4-6-19(10-18)32-3/h4-6,9-13H,1-3H3,(H2,25,27)(H,30,31). The first-order valence-corrected chi connectivity index (χ1v) is 9.76. The van der Waals surface area contributed by atoms with Crippen LogP contribution in [0.2, 0.25) is 0 Å². The molecule has 0 unspecified atom stereocenters. The summed E-state index contributed by atoms with van der Waals surface area (Å²) < 4.78 is 5.18. The number of anilines is 2. The van der Waals surface area contributed by atoms with E-state index in [9.17, 15) is 4.79 Å². The number of amides is 1. The summed E-state index contributed by atoms with van der Waals surface area (Å²) in [6, 6.07) is 8.76. The molecule has 1 aromatic carbocycles. The summed E-state index contributed by atoms with van der Waals surface area (Å²) in [5.41, 5.74) is 10.9. The number of nitrogens with zero attached hydrogens (tertiary/aromatic N) is 4. The number of nitrogens with two attached hydrogens (primary N) is 1. The third kappa shape index (κ3) is 4.32. The van der Waals surface area contributed by atoms with Gasteiger partial charge in [-0.05, 0) is 32.0 Å². The number of hydrogen-bond donors (Lipinski definition) is 2. The first kappa shape index (κ1) is 20.8. The second kappa shape index (κ2) is 8.70. The van der Waals surface area contributed by atoms with E-state index in [-0.39, 0.29) is 11.7 Å². The Hall–Kier alpha value is -4.51. The van der Waals surface area contributed by atoms with Crippen LogP contribution in [0.1, 0.15) is 32.9 Å². The molecule has 32 heavy (non-hydrogen) atoms. The molecular weight excluding hydrogens is 404 g/mol. The molecule has 3 aromatic heterocycles. The predicted octanol–water partition coefficient (Wildman–Crippen LogP) is 3.28. The molecule has 4 aromatic rings. The molecule has 0 aliphatic rings. The van der Waals surface area contributed by atoms with E-state index in [2.05, 4.69) is 37.1 Å². The Balaban J connectivity index is 1.64. The van der Waals surface area contributed by atoms with Gasteiger partial charge in [-0.15, -0.1) is 0 Å². The van der Waals surface area contributed by atoms with E-state index in [4.69, 9.17) is 10.5 Å².